The highest BCUT2D eigenvalue weighted by Gasteiger charge is 2.24. The molecule has 0 aliphatic carbocycles. The molecule has 19 heteroatoms. The van der Waals surface area contributed by atoms with Gasteiger partial charge in [-0.2, -0.15) is 0 Å². The van der Waals surface area contributed by atoms with E-state index in [2.05, 4.69) is 115 Å². The molecule has 1 aliphatic rings. The Morgan fingerprint density at radius 2 is 1.56 bits per heavy atom. The van der Waals surface area contributed by atoms with Crippen LogP contribution in [-0.4, -0.2) is 167 Å². The van der Waals surface area contributed by atoms with Crippen LogP contribution in [0.3, 0.4) is 0 Å². The van der Waals surface area contributed by atoms with Crippen LogP contribution in [0.15, 0.2) is 53.8 Å². The number of alkyl carbamates (subject to hydrolysis) is 2. The van der Waals surface area contributed by atoms with E-state index in [9.17, 15) is 19.2 Å². The van der Waals surface area contributed by atoms with Crippen LogP contribution in [0.5, 0.6) is 11.5 Å². The number of aliphatic imine (C=N–C) groups is 1. The Bertz CT molecular complexity index is 1890. The molecule has 3 atom stereocenters. The van der Waals surface area contributed by atoms with Gasteiger partial charge >= 0.3 is 12.2 Å². The molecule has 1 aliphatic heterocycles. The Morgan fingerprint density at radius 3 is 2.10 bits per heavy atom. The molecular weight excluding hydrogens is 877 g/mol. The number of aldehydes is 2. The first-order chi connectivity index (χ1) is 33.0. The van der Waals surface area contributed by atoms with Gasteiger partial charge in [0.15, 0.2) is 11.5 Å². The molecule has 4 rings (SSSR count). The number of H-pyrrole nitrogens is 1. The van der Waals surface area contributed by atoms with E-state index >= 15 is 0 Å². The first-order valence-electron chi connectivity index (χ1n) is 22.9. The molecule has 2 aromatic carbocycles. The summed E-state index contributed by atoms with van der Waals surface area (Å²) >= 11 is 0. The summed E-state index contributed by atoms with van der Waals surface area (Å²) in [6.45, 7) is 14.2. The molecule has 3 unspecified atom stereocenters. The maximum atomic E-state index is 10.7. The lowest BCUT2D eigenvalue weighted by molar-refractivity contribution is -0.112. The van der Waals surface area contributed by atoms with Crippen molar-refractivity contribution in [1.82, 2.24) is 36.1 Å². The Morgan fingerprint density at radius 1 is 0.912 bits per heavy atom. The van der Waals surface area contributed by atoms with Gasteiger partial charge in [0.05, 0.1) is 57.7 Å². The van der Waals surface area contributed by atoms with E-state index in [1.54, 1.807) is 27.3 Å². The number of aryl methyl sites for hydroxylation is 1. The zero-order valence-corrected chi connectivity index (χ0v) is 41.9. The summed E-state index contributed by atoms with van der Waals surface area (Å²) in [6.07, 6.45) is 10.0. The fourth-order valence-corrected chi connectivity index (χ4v) is 6.37. The van der Waals surface area contributed by atoms with Gasteiger partial charge in [-0.1, -0.05) is 44.5 Å². The summed E-state index contributed by atoms with van der Waals surface area (Å²) in [5.41, 5.74) is 5.69. The van der Waals surface area contributed by atoms with Crippen LogP contribution in [0.2, 0.25) is 0 Å². The van der Waals surface area contributed by atoms with Crippen molar-refractivity contribution in [2.24, 2.45) is 4.99 Å². The fraction of sp³-hybridized carbons (Fsp3) is 0.551. The van der Waals surface area contributed by atoms with Crippen molar-refractivity contribution >= 4 is 37.2 Å². The third kappa shape index (κ3) is 22.8. The number of carbonyl (C=O) groups is 4. The number of hydrogen-bond donors (Lipinski definition) is 5. The van der Waals surface area contributed by atoms with Gasteiger partial charge in [0, 0.05) is 57.7 Å². The van der Waals surface area contributed by atoms with Crippen molar-refractivity contribution in [3.8, 4) is 33.9 Å². The normalized spacial score (nSPS) is 13.9. The number of unbranched alkanes of at least 4 members (excludes halogenated alkanes) is 1. The van der Waals surface area contributed by atoms with Crippen LogP contribution in [-0.2, 0) is 39.7 Å². The molecule has 1 fully saturated rings. The smallest absolute Gasteiger partial charge is 0.407 e. The zero-order valence-electron chi connectivity index (χ0n) is 41.9. The Kier molecular flexibility index (Phi) is 32.9. The number of carbonyl (C=O) groups excluding carboxylic acids is 4. The number of nitrogens with zero attached hydrogens (tertiary/aromatic N) is 3. The van der Waals surface area contributed by atoms with Crippen molar-refractivity contribution in [2.75, 3.05) is 102 Å². The number of nitrogens with one attached hydrogen (secondary N) is 5. The average molecular weight is 955 g/mol. The first-order valence-corrected chi connectivity index (χ1v) is 22.9. The first kappa shape index (κ1) is 60.2. The minimum absolute atomic E-state index is 0.00662. The third-order valence-electron chi connectivity index (χ3n) is 10.1. The number of aromatic nitrogens is 2. The molecule has 380 valence electrons. The summed E-state index contributed by atoms with van der Waals surface area (Å²) in [5.74, 6) is 2.29. The van der Waals surface area contributed by atoms with Crippen LogP contribution < -0.4 is 30.7 Å². The molecule has 0 saturated carbocycles. The molecule has 19 nitrogen and oxygen atoms in total. The molecule has 1 saturated heterocycles. The van der Waals surface area contributed by atoms with Gasteiger partial charge in [0.1, 0.15) is 37.7 Å². The zero-order chi connectivity index (χ0) is 50.5. The SMILES string of the molecule is C=N/C=C(\NCC1CCCN1C)c1ccc(-c2ccc(-c3cnc(CCCCNC)[nH]3)cc2)c(OCCOC)c1OCCOC.CCC.COC(=O)NC(C=O)C(C)OC.COC(=O)NCC=O. The minimum atomic E-state index is -0.664. The number of likely N-dealkylation sites (tertiary alicyclic amines) is 1. The number of amides is 2. The molecule has 0 radical (unpaired) electrons. The average Bonchev–Trinajstić information content (AvgIpc) is 4.01. The van der Waals surface area contributed by atoms with Crippen LogP contribution in [0.25, 0.3) is 28.1 Å². The number of hydrogen-bond acceptors (Lipinski definition) is 16. The van der Waals surface area contributed by atoms with Crippen LogP contribution in [0.1, 0.15) is 64.3 Å². The lowest BCUT2D eigenvalue weighted by Gasteiger charge is -2.24. The maximum absolute atomic E-state index is 10.7. The molecule has 1 aromatic heterocycles. The Balaban J connectivity index is 0.000000826. The molecule has 2 heterocycles. The van der Waals surface area contributed by atoms with Crippen LogP contribution in [0.4, 0.5) is 9.59 Å². The maximum Gasteiger partial charge on any atom is 0.407 e. The van der Waals surface area contributed by atoms with Crippen molar-refractivity contribution < 1.29 is 52.3 Å². The van der Waals surface area contributed by atoms with Crippen molar-refractivity contribution in [3.05, 3.63) is 60.2 Å². The Labute approximate surface area is 403 Å². The van der Waals surface area contributed by atoms with Gasteiger partial charge in [0.25, 0.3) is 0 Å². The van der Waals surface area contributed by atoms with E-state index in [4.69, 9.17) is 23.7 Å². The fourth-order valence-electron chi connectivity index (χ4n) is 6.37. The van der Waals surface area contributed by atoms with Crippen molar-refractivity contribution in [2.45, 2.75) is 77.5 Å². The number of benzene rings is 2. The van der Waals surface area contributed by atoms with Gasteiger partial charge in [-0.25, -0.2) is 14.6 Å². The van der Waals surface area contributed by atoms with Crippen molar-refractivity contribution in [3.63, 3.8) is 0 Å². The third-order valence-corrected chi connectivity index (χ3v) is 10.1. The van der Waals surface area contributed by atoms with Gasteiger partial charge in [0.2, 0.25) is 0 Å². The number of ether oxygens (including phenoxy) is 7. The number of imidazole rings is 1. The number of rotatable bonds is 26. The molecule has 0 spiro atoms. The highest BCUT2D eigenvalue weighted by molar-refractivity contribution is 5.82. The number of methoxy groups -OCH3 is 5. The molecule has 2 amide bonds. The lowest BCUT2D eigenvalue weighted by Crippen LogP contribution is -2.43. The summed E-state index contributed by atoms with van der Waals surface area (Å²) in [6, 6.07) is 12.4. The minimum Gasteiger partial charge on any atom is -0.487 e. The van der Waals surface area contributed by atoms with E-state index in [0.717, 1.165) is 84.8 Å². The monoisotopic (exact) mass is 955 g/mol. The Hall–Kier alpha value is -5.86. The highest BCUT2D eigenvalue weighted by Crippen LogP contribution is 2.43. The van der Waals surface area contributed by atoms with E-state index in [-0.39, 0.29) is 12.6 Å². The molecular formula is C49H78N8O11. The lowest BCUT2D eigenvalue weighted by atomic mass is 9.98. The van der Waals surface area contributed by atoms with Crippen LogP contribution >= 0.6 is 0 Å². The molecule has 68 heavy (non-hydrogen) atoms. The molecule has 3 aromatic rings. The summed E-state index contributed by atoms with van der Waals surface area (Å²) in [7, 11) is 11.4. The summed E-state index contributed by atoms with van der Waals surface area (Å²) in [4.78, 5) is 55.3. The standard InChI is InChI=1S/C35H50N6O4.C7H13NO4.C4H7NO3.C3H8/c1-36-17-7-6-10-33-39-25-31(40-33)27-13-11-26(12-14-27)29-15-16-30(32(24-37-2)38-23-28-9-8-18-41(28)3)35(45-22-20-43-5)34(29)44-21-19-42-4;1-5(11-2)6(4-9)8-7(10)12-3;1-8-4(7)5-2-3-6;1-3-2/h11-16,24-25,28,36,38H,2,6-10,17-23H2,1,3-5H3,(H,39,40);4-6H,1-3H3,(H,8,10);3H,2H2,1H3,(H,5,7);3H2,1-2H3/b32-24-;;;. The van der Waals surface area contributed by atoms with Gasteiger partial charge < -0.3 is 73.9 Å². The van der Waals surface area contributed by atoms with Gasteiger partial charge in [-0.15, -0.1) is 0 Å². The molecule has 0 bridgehead atoms. The second-order valence-electron chi connectivity index (χ2n) is 15.3. The number of likely N-dealkylation sites (N-methyl/N-ethyl adjacent to an activating group) is 1. The summed E-state index contributed by atoms with van der Waals surface area (Å²) < 4.78 is 36.8. The second-order valence-corrected chi connectivity index (χ2v) is 15.3. The topological polar surface area (TPSA) is 225 Å². The predicted octanol–water partition coefficient (Wildman–Crippen LogP) is 5.92. The highest BCUT2D eigenvalue weighted by atomic mass is 16.6. The van der Waals surface area contributed by atoms with Gasteiger partial charge in [-0.05, 0) is 89.8 Å². The van der Waals surface area contributed by atoms with E-state index < -0.39 is 18.2 Å². The van der Waals surface area contributed by atoms with E-state index in [1.165, 1.54) is 34.2 Å². The predicted molar refractivity (Wildman–Crippen MR) is 267 cm³/mol. The van der Waals surface area contributed by atoms with Crippen molar-refractivity contribution in [1.29, 1.82) is 0 Å². The van der Waals surface area contributed by atoms with E-state index in [1.807, 2.05) is 13.2 Å². The molecule has 5 N–H and O–H groups in total. The van der Waals surface area contributed by atoms with E-state index in [0.29, 0.717) is 56.5 Å². The van der Waals surface area contributed by atoms with Gasteiger partial charge in [-0.3, -0.25) is 4.99 Å². The van der Waals surface area contributed by atoms with Crippen LogP contribution in [0, 0.1) is 0 Å². The summed E-state index contributed by atoms with van der Waals surface area (Å²) in [5, 5.41) is 11.3. The number of aromatic amines is 1. The second kappa shape index (κ2) is 37.2. The quantitative estimate of drug-likeness (QED) is 0.0358. The largest absolute Gasteiger partial charge is 0.487 e.